The summed E-state index contributed by atoms with van der Waals surface area (Å²) in [5, 5.41) is 7.60. The summed E-state index contributed by atoms with van der Waals surface area (Å²) in [6, 6.07) is 0. The van der Waals surface area contributed by atoms with Crippen LogP contribution in [0.25, 0.3) is 0 Å². The number of nitrogens with zero attached hydrogens (tertiary/aromatic N) is 3. The van der Waals surface area contributed by atoms with Gasteiger partial charge in [0.25, 0.3) is 5.56 Å². The molecule has 0 saturated heterocycles. The maximum atomic E-state index is 11.3. The second-order valence-corrected chi connectivity index (χ2v) is 3.50. The SMILES string of the molecule is Cn1nnc2c(c1=O)SCC2. The van der Waals surface area contributed by atoms with Gasteiger partial charge < -0.3 is 0 Å². The molecule has 0 spiro atoms. The fourth-order valence-corrected chi connectivity index (χ4v) is 2.10. The largest absolute Gasteiger partial charge is 0.283 e. The normalized spacial score (nSPS) is 15.0. The van der Waals surface area contributed by atoms with Crippen LogP contribution in [0.4, 0.5) is 0 Å². The zero-order chi connectivity index (χ0) is 7.84. The summed E-state index contributed by atoms with van der Waals surface area (Å²) < 4.78 is 1.27. The first-order valence-electron chi connectivity index (χ1n) is 3.34. The molecule has 0 atom stereocenters. The van der Waals surface area contributed by atoms with E-state index in [9.17, 15) is 4.79 Å². The number of fused-ring (bicyclic) bond motifs is 1. The van der Waals surface area contributed by atoms with Crippen molar-refractivity contribution in [1.29, 1.82) is 0 Å². The third kappa shape index (κ3) is 0.956. The Kier molecular flexibility index (Phi) is 1.45. The van der Waals surface area contributed by atoms with Gasteiger partial charge in [-0.1, -0.05) is 5.21 Å². The highest BCUT2D eigenvalue weighted by Crippen LogP contribution is 2.24. The van der Waals surface area contributed by atoms with Crippen molar-refractivity contribution in [3.05, 3.63) is 16.0 Å². The lowest BCUT2D eigenvalue weighted by Gasteiger charge is -1.96. The van der Waals surface area contributed by atoms with Gasteiger partial charge in [0, 0.05) is 19.2 Å². The molecule has 1 aliphatic heterocycles. The maximum absolute atomic E-state index is 11.3. The van der Waals surface area contributed by atoms with E-state index in [0.29, 0.717) is 0 Å². The van der Waals surface area contributed by atoms with Gasteiger partial charge >= 0.3 is 0 Å². The van der Waals surface area contributed by atoms with E-state index in [1.54, 1.807) is 18.8 Å². The number of hydrogen-bond donors (Lipinski definition) is 0. The molecule has 0 amide bonds. The number of rotatable bonds is 0. The molecule has 1 aromatic rings. The van der Waals surface area contributed by atoms with Crippen LogP contribution in [0.1, 0.15) is 5.69 Å². The molecule has 2 rings (SSSR count). The molecule has 5 heteroatoms. The van der Waals surface area contributed by atoms with E-state index in [2.05, 4.69) is 10.3 Å². The lowest BCUT2D eigenvalue weighted by atomic mass is 10.3. The van der Waals surface area contributed by atoms with Crippen molar-refractivity contribution in [2.45, 2.75) is 11.3 Å². The molecule has 4 nitrogen and oxygen atoms in total. The van der Waals surface area contributed by atoms with E-state index in [1.165, 1.54) is 4.68 Å². The second kappa shape index (κ2) is 2.34. The van der Waals surface area contributed by atoms with Gasteiger partial charge in [0.2, 0.25) is 0 Å². The van der Waals surface area contributed by atoms with Crippen molar-refractivity contribution in [3.8, 4) is 0 Å². The minimum absolute atomic E-state index is 0.0162. The fraction of sp³-hybridized carbons (Fsp3) is 0.500. The topological polar surface area (TPSA) is 47.8 Å². The number of hydrogen-bond acceptors (Lipinski definition) is 4. The standard InChI is InChI=1S/C6H7N3OS/c1-9-6(10)5-4(7-8-9)2-3-11-5/h2-3H2,1H3. The van der Waals surface area contributed by atoms with Crippen molar-refractivity contribution in [1.82, 2.24) is 15.0 Å². The third-order valence-corrected chi connectivity index (χ3v) is 2.74. The first kappa shape index (κ1) is 6.84. The Morgan fingerprint density at radius 3 is 3.27 bits per heavy atom. The highest BCUT2D eigenvalue weighted by atomic mass is 32.2. The van der Waals surface area contributed by atoms with Crippen molar-refractivity contribution >= 4 is 11.8 Å². The van der Waals surface area contributed by atoms with E-state index >= 15 is 0 Å². The molecule has 0 aliphatic carbocycles. The second-order valence-electron chi connectivity index (χ2n) is 2.39. The molecule has 0 N–H and O–H groups in total. The molecule has 0 fully saturated rings. The summed E-state index contributed by atoms with van der Waals surface area (Å²) in [6.45, 7) is 0. The highest BCUT2D eigenvalue weighted by molar-refractivity contribution is 7.99. The van der Waals surface area contributed by atoms with Gasteiger partial charge in [-0.15, -0.1) is 16.9 Å². The fourth-order valence-electron chi connectivity index (χ4n) is 1.04. The molecule has 1 aliphatic rings. The Hall–Kier alpha value is -0.840. The van der Waals surface area contributed by atoms with Crippen molar-refractivity contribution in [2.24, 2.45) is 7.05 Å². The monoisotopic (exact) mass is 169 g/mol. The van der Waals surface area contributed by atoms with Crippen molar-refractivity contribution in [2.75, 3.05) is 5.75 Å². The number of thioether (sulfide) groups is 1. The van der Waals surface area contributed by atoms with E-state index in [0.717, 1.165) is 22.8 Å². The molecule has 0 unspecified atom stereocenters. The maximum Gasteiger partial charge on any atom is 0.283 e. The van der Waals surface area contributed by atoms with Crippen LogP contribution >= 0.6 is 11.8 Å². The van der Waals surface area contributed by atoms with E-state index in [4.69, 9.17) is 0 Å². The molecule has 58 valence electrons. The van der Waals surface area contributed by atoms with E-state index in [-0.39, 0.29) is 5.56 Å². The predicted octanol–water partition coefficient (Wildman–Crippen LogP) is -0.176. The predicted molar refractivity (Wildman–Crippen MR) is 41.7 cm³/mol. The van der Waals surface area contributed by atoms with Crippen LogP contribution in [0.15, 0.2) is 9.69 Å². The summed E-state index contributed by atoms with van der Waals surface area (Å²) in [6.07, 6.45) is 0.878. The molecule has 0 radical (unpaired) electrons. The summed E-state index contributed by atoms with van der Waals surface area (Å²) in [5.41, 5.74) is 0.843. The summed E-state index contributed by atoms with van der Waals surface area (Å²) in [5.74, 6) is 0.962. The van der Waals surface area contributed by atoms with Crippen molar-refractivity contribution in [3.63, 3.8) is 0 Å². The van der Waals surface area contributed by atoms with E-state index < -0.39 is 0 Å². The molecular formula is C6H7N3OS. The van der Waals surface area contributed by atoms with Crippen LogP contribution in [0.5, 0.6) is 0 Å². The van der Waals surface area contributed by atoms with Crippen LogP contribution in [-0.4, -0.2) is 20.7 Å². The number of aromatic nitrogens is 3. The van der Waals surface area contributed by atoms with Gasteiger partial charge in [-0.25, -0.2) is 4.68 Å². The van der Waals surface area contributed by atoms with Gasteiger partial charge in [0.1, 0.15) is 0 Å². The first-order chi connectivity index (χ1) is 5.29. The quantitative estimate of drug-likeness (QED) is 0.540. The zero-order valence-electron chi connectivity index (χ0n) is 6.07. The lowest BCUT2D eigenvalue weighted by molar-refractivity contribution is 0.606. The molecular weight excluding hydrogens is 162 g/mol. The Bertz CT molecular complexity index is 346. The summed E-state index contributed by atoms with van der Waals surface area (Å²) >= 11 is 1.57. The molecule has 11 heavy (non-hydrogen) atoms. The van der Waals surface area contributed by atoms with E-state index in [1.807, 2.05) is 0 Å². The van der Waals surface area contributed by atoms with Crippen LogP contribution < -0.4 is 5.56 Å². The highest BCUT2D eigenvalue weighted by Gasteiger charge is 2.17. The van der Waals surface area contributed by atoms with Gasteiger partial charge in [0.15, 0.2) is 0 Å². The molecule has 2 heterocycles. The lowest BCUT2D eigenvalue weighted by Crippen LogP contribution is -2.22. The Balaban J connectivity index is 2.72. The smallest absolute Gasteiger partial charge is 0.266 e. The molecule has 0 aromatic carbocycles. The van der Waals surface area contributed by atoms with Crippen molar-refractivity contribution < 1.29 is 0 Å². The number of aryl methyl sites for hydroxylation is 2. The van der Waals surface area contributed by atoms with Gasteiger partial charge in [-0.3, -0.25) is 4.79 Å². The van der Waals surface area contributed by atoms with Crippen LogP contribution in [-0.2, 0) is 13.5 Å². The van der Waals surface area contributed by atoms with Crippen LogP contribution in [0.3, 0.4) is 0 Å². The van der Waals surface area contributed by atoms with Gasteiger partial charge in [-0.2, -0.15) is 0 Å². The Labute approximate surface area is 67.6 Å². The Morgan fingerprint density at radius 1 is 1.64 bits per heavy atom. The summed E-state index contributed by atoms with van der Waals surface area (Å²) in [7, 11) is 1.62. The average molecular weight is 169 g/mol. The summed E-state index contributed by atoms with van der Waals surface area (Å²) in [4.78, 5) is 12.1. The molecule has 0 bridgehead atoms. The third-order valence-electron chi connectivity index (χ3n) is 1.64. The van der Waals surface area contributed by atoms with Crippen LogP contribution in [0.2, 0.25) is 0 Å². The zero-order valence-corrected chi connectivity index (χ0v) is 6.89. The minimum atomic E-state index is -0.0162. The van der Waals surface area contributed by atoms with Gasteiger partial charge in [0.05, 0.1) is 10.6 Å². The Morgan fingerprint density at radius 2 is 2.45 bits per heavy atom. The molecule has 0 saturated carbocycles. The van der Waals surface area contributed by atoms with Gasteiger partial charge in [-0.05, 0) is 0 Å². The minimum Gasteiger partial charge on any atom is -0.266 e. The first-order valence-corrected chi connectivity index (χ1v) is 4.33. The van der Waals surface area contributed by atoms with Crippen LogP contribution in [0, 0.1) is 0 Å². The average Bonchev–Trinajstić information content (AvgIpc) is 2.45. The molecule has 1 aromatic heterocycles.